The van der Waals surface area contributed by atoms with E-state index in [1.807, 2.05) is 11.6 Å². The molecule has 0 bridgehead atoms. The quantitative estimate of drug-likeness (QED) is 0.756. The fourth-order valence-electron chi connectivity index (χ4n) is 1.96. The number of rotatable bonds is 2. The lowest BCUT2D eigenvalue weighted by Gasteiger charge is -1.96. The average Bonchev–Trinajstić information content (AvgIpc) is 2.97. The second kappa shape index (κ2) is 4.22. The van der Waals surface area contributed by atoms with Gasteiger partial charge in [-0.2, -0.15) is 0 Å². The molecule has 1 fully saturated rings. The summed E-state index contributed by atoms with van der Waals surface area (Å²) in [5, 5.41) is 3.59. The molecule has 96 valence electrons. The normalized spacial score (nSPS) is 15.2. The van der Waals surface area contributed by atoms with Crippen LogP contribution in [-0.4, -0.2) is 15.9 Å². The summed E-state index contributed by atoms with van der Waals surface area (Å²) in [7, 11) is 0. The number of carbonyl (C=O) groups excluding carboxylic acids is 1. The molecule has 0 spiro atoms. The molecular weight excluding hydrogens is 346 g/mol. The molecule has 3 aromatic rings. The molecular formula is C12H8BrN3OS2. The number of anilines is 1. The first-order valence-corrected chi connectivity index (χ1v) is 8.34. The van der Waals surface area contributed by atoms with Crippen molar-refractivity contribution in [3.8, 4) is 0 Å². The first-order chi connectivity index (χ1) is 9.22. The van der Waals surface area contributed by atoms with Crippen LogP contribution in [0.5, 0.6) is 0 Å². The Bertz CT molecular complexity index is 806. The van der Waals surface area contributed by atoms with E-state index >= 15 is 0 Å². The summed E-state index contributed by atoms with van der Waals surface area (Å²) in [5.74, 6) is 0.292. The van der Waals surface area contributed by atoms with E-state index in [1.165, 1.54) is 11.3 Å². The monoisotopic (exact) mass is 353 g/mol. The van der Waals surface area contributed by atoms with Gasteiger partial charge in [-0.1, -0.05) is 11.3 Å². The van der Waals surface area contributed by atoms with Gasteiger partial charge < -0.3 is 5.32 Å². The molecule has 2 heterocycles. The van der Waals surface area contributed by atoms with Crippen molar-refractivity contribution in [1.29, 1.82) is 0 Å². The zero-order valence-electron chi connectivity index (χ0n) is 9.64. The fraction of sp³-hybridized carbons (Fsp3) is 0.250. The van der Waals surface area contributed by atoms with Crippen molar-refractivity contribution in [3.63, 3.8) is 0 Å². The molecule has 0 radical (unpaired) electrons. The van der Waals surface area contributed by atoms with Crippen LogP contribution in [0.25, 0.3) is 20.4 Å². The second-order valence-corrected chi connectivity index (χ2v) is 7.23. The number of nitrogens with one attached hydrogen (secondary N) is 1. The largest absolute Gasteiger partial charge is 0.302 e. The van der Waals surface area contributed by atoms with Gasteiger partial charge in [0.05, 0.1) is 25.9 Å². The summed E-state index contributed by atoms with van der Waals surface area (Å²) in [6.07, 6.45) is 2.00. The van der Waals surface area contributed by atoms with Crippen LogP contribution in [-0.2, 0) is 4.79 Å². The summed E-state index contributed by atoms with van der Waals surface area (Å²) in [4.78, 5) is 20.6. The van der Waals surface area contributed by atoms with Crippen molar-refractivity contribution in [1.82, 2.24) is 9.97 Å². The van der Waals surface area contributed by atoms with Crippen LogP contribution < -0.4 is 5.32 Å². The summed E-state index contributed by atoms with van der Waals surface area (Å²) < 4.78 is 3.15. The fourth-order valence-corrected chi connectivity index (χ4v) is 4.52. The lowest BCUT2D eigenvalue weighted by atomic mass is 10.3. The number of halogens is 1. The molecule has 7 heteroatoms. The van der Waals surface area contributed by atoms with E-state index in [4.69, 9.17) is 0 Å². The molecule has 4 nitrogen and oxygen atoms in total. The van der Waals surface area contributed by atoms with Gasteiger partial charge in [-0.15, -0.1) is 11.3 Å². The SMILES string of the molecule is O=C(Nc1nc2cc(Br)c3ncsc3c2s1)C1CC1. The summed E-state index contributed by atoms with van der Waals surface area (Å²) in [6.45, 7) is 0. The number of thiazole rings is 2. The highest BCUT2D eigenvalue weighted by molar-refractivity contribution is 9.10. The van der Waals surface area contributed by atoms with Crippen LogP contribution >= 0.6 is 38.6 Å². The minimum absolute atomic E-state index is 0.0960. The van der Waals surface area contributed by atoms with Crippen molar-refractivity contribution in [2.75, 3.05) is 5.32 Å². The van der Waals surface area contributed by atoms with E-state index in [0.717, 1.165) is 37.7 Å². The maximum atomic E-state index is 11.8. The van der Waals surface area contributed by atoms with Crippen LogP contribution in [0, 0.1) is 5.92 Å². The van der Waals surface area contributed by atoms with E-state index in [1.54, 1.807) is 11.3 Å². The van der Waals surface area contributed by atoms with Crippen molar-refractivity contribution in [2.45, 2.75) is 12.8 Å². The Balaban J connectivity index is 1.83. The molecule has 1 aromatic carbocycles. The smallest absolute Gasteiger partial charge is 0.229 e. The summed E-state index contributed by atoms with van der Waals surface area (Å²) in [5.41, 5.74) is 3.69. The van der Waals surface area contributed by atoms with E-state index in [-0.39, 0.29) is 11.8 Å². The molecule has 1 amide bonds. The first-order valence-electron chi connectivity index (χ1n) is 5.85. The number of nitrogens with zero attached hydrogens (tertiary/aromatic N) is 2. The summed E-state index contributed by atoms with van der Waals surface area (Å²) >= 11 is 6.63. The highest BCUT2D eigenvalue weighted by Crippen LogP contribution is 2.39. The van der Waals surface area contributed by atoms with Gasteiger partial charge in [0.15, 0.2) is 5.13 Å². The standard InChI is InChI=1S/C12H8BrN3OS2/c13-6-3-7-9(10-8(6)14-4-18-10)19-12(15-7)16-11(17)5-1-2-5/h3-5H,1-2H2,(H,15,16,17). The van der Waals surface area contributed by atoms with Gasteiger partial charge in [-0.25, -0.2) is 9.97 Å². The Morgan fingerprint density at radius 3 is 3.05 bits per heavy atom. The van der Waals surface area contributed by atoms with Crippen LogP contribution in [0.15, 0.2) is 16.0 Å². The maximum Gasteiger partial charge on any atom is 0.229 e. The zero-order valence-corrected chi connectivity index (χ0v) is 12.9. The molecule has 4 rings (SSSR count). The van der Waals surface area contributed by atoms with Crippen molar-refractivity contribution < 1.29 is 4.79 Å². The van der Waals surface area contributed by atoms with Crippen LogP contribution in [0.1, 0.15) is 12.8 Å². The van der Waals surface area contributed by atoms with Gasteiger partial charge in [0.1, 0.15) is 0 Å². The molecule has 0 aliphatic heterocycles. The van der Waals surface area contributed by atoms with Gasteiger partial charge >= 0.3 is 0 Å². The molecule has 1 saturated carbocycles. The Kier molecular flexibility index (Phi) is 2.61. The van der Waals surface area contributed by atoms with Crippen molar-refractivity contribution >= 4 is 70.1 Å². The molecule has 1 aliphatic carbocycles. The third-order valence-corrected chi connectivity index (χ3v) is 5.68. The Hall–Kier alpha value is -1.05. The number of aromatic nitrogens is 2. The maximum absolute atomic E-state index is 11.8. The molecule has 19 heavy (non-hydrogen) atoms. The number of fused-ring (bicyclic) bond motifs is 3. The minimum Gasteiger partial charge on any atom is -0.302 e. The van der Waals surface area contributed by atoms with Crippen LogP contribution in [0.3, 0.4) is 0 Å². The average molecular weight is 354 g/mol. The van der Waals surface area contributed by atoms with Gasteiger partial charge in [-0.3, -0.25) is 4.79 Å². The predicted octanol–water partition coefficient (Wildman–Crippen LogP) is 4.02. The van der Waals surface area contributed by atoms with Crippen LogP contribution in [0.4, 0.5) is 5.13 Å². The van der Waals surface area contributed by atoms with E-state index in [9.17, 15) is 4.79 Å². The number of benzene rings is 1. The molecule has 0 atom stereocenters. The van der Waals surface area contributed by atoms with Gasteiger partial charge in [-0.05, 0) is 34.8 Å². The van der Waals surface area contributed by atoms with Crippen molar-refractivity contribution in [2.24, 2.45) is 5.92 Å². The van der Waals surface area contributed by atoms with E-state index in [2.05, 4.69) is 31.2 Å². The lowest BCUT2D eigenvalue weighted by Crippen LogP contribution is -2.12. The van der Waals surface area contributed by atoms with Crippen molar-refractivity contribution in [3.05, 3.63) is 16.0 Å². The predicted molar refractivity (Wildman–Crippen MR) is 81.9 cm³/mol. The van der Waals surface area contributed by atoms with Crippen LogP contribution in [0.2, 0.25) is 0 Å². The number of hydrogen-bond acceptors (Lipinski definition) is 5. The number of amides is 1. The Labute approximate surface area is 125 Å². The Morgan fingerprint density at radius 2 is 2.26 bits per heavy atom. The zero-order chi connectivity index (χ0) is 13.0. The van der Waals surface area contributed by atoms with Gasteiger partial charge in [0.2, 0.25) is 5.91 Å². The molecule has 1 aliphatic rings. The third-order valence-electron chi connectivity index (χ3n) is 3.09. The molecule has 0 unspecified atom stereocenters. The lowest BCUT2D eigenvalue weighted by molar-refractivity contribution is -0.117. The van der Waals surface area contributed by atoms with E-state index < -0.39 is 0 Å². The highest BCUT2D eigenvalue weighted by Gasteiger charge is 2.30. The number of hydrogen-bond donors (Lipinski definition) is 1. The molecule has 0 saturated heterocycles. The van der Waals surface area contributed by atoms with Gasteiger partial charge in [0.25, 0.3) is 0 Å². The molecule has 1 N–H and O–H groups in total. The molecule has 2 aromatic heterocycles. The second-order valence-electron chi connectivity index (χ2n) is 4.52. The third kappa shape index (κ3) is 1.96. The minimum atomic E-state index is 0.0960. The van der Waals surface area contributed by atoms with E-state index in [0.29, 0.717) is 5.13 Å². The summed E-state index contributed by atoms with van der Waals surface area (Å²) in [6, 6.07) is 1.96. The Morgan fingerprint density at radius 1 is 1.42 bits per heavy atom. The highest BCUT2D eigenvalue weighted by atomic mass is 79.9. The topological polar surface area (TPSA) is 54.9 Å². The first kappa shape index (κ1) is 11.7. The van der Waals surface area contributed by atoms with Gasteiger partial charge in [0, 0.05) is 10.4 Å². The number of carbonyl (C=O) groups is 1.